The Kier molecular flexibility index (Phi) is 8.98. The zero-order chi connectivity index (χ0) is 29.7. The summed E-state index contributed by atoms with van der Waals surface area (Å²) in [5.74, 6) is 0.00658. The van der Waals surface area contributed by atoms with Gasteiger partial charge in [0.2, 0.25) is 5.91 Å². The molecule has 1 aliphatic heterocycles. The van der Waals surface area contributed by atoms with Crippen LogP contribution in [0.2, 0.25) is 0 Å². The molecule has 1 fully saturated rings. The number of rotatable bonds is 9. The van der Waals surface area contributed by atoms with Crippen molar-refractivity contribution in [3.05, 3.63) is 122 Å². The van der Waals surface area contributed by atoms with E-state index >= 15 is 0 Å². The summed E-state index contributed by atoms with van der Waals surface area (Å²) in [5.41, 5.74) is 1.18. The number of carbonyl (C=O) groups excluding carboxylic acids is 1. The summed E-state index contributed by atoms with van der Waals surface area (Å²) in [6.45, 7) is 0.626. The molecule has 0 aliphatic carbocycles. The molecule has 218 valence electrons. The minimum atomic E-state index is -0.869. The monoisotopic (exact) mass is 589 g/mol. The van der Waals surface area contributed by atoms with Gasteiger partial charge in [-0.15, -0.1) is 0 Å². The number of piperidine rings is 1. The molecule has 1 N–H and O–H groups in total. The summed E-state index contributed by atoms with van der Waals surface area (Å²) in [5, 5.41) is 11.6. The number of thioether (sulfide) groups is 1. The van der Waals surface area contributed by atoms with E-state index in [1.165, 1.54) is 34.7 Å². The van der Waals surface area contributed by atoms with Crippen LogP contribution >= 0.6 is 11.8 Å². The average Bonchev–Trinajstić information content (AvgIpc) is 2.97. The number of likely N-dealkylation sites (tertiary alicyclic amines) is 1. The van der Waals surface area contributed by atoms with Crippen molar-refractivity contribution >= 4 is 17.7 Å². The van der Waals surface area contributed by atoms with E-state index in [2.05, 4.69) is 9.97 Å². The Morgan fingerprint density at radius 1 is 1.00 bits per heavy atom. The van der Waals surface area contributed by atoms with Gasteiger partial charge in [-0.1, -0.05) is 54.2 Å². The summed E-state index contributed by atoms with van der Waals surface area (Å²) >= 11 is 1.37. The van der Waals surface area contributed by atoms with Gasteiger partial charge in [0.25, 0.3) is 5.56 Å². The molecular formula is C31H32FN5O4S. The molecule has 11 heteroatoms. The lowest BCUT2D eigenvalue weighted by molar-refractivity contribution is -0.136. The van der Waals surface area contributed by atoms with Crippen molar-refractivity contribution in [3.63, 3.8) is 0 Å². The van der Waals surface area contributed by atoms with Crippen LogP contribution in [-0.2, 0) is 37.0 Å². The molecule has 3 heterocycles. The van der Waals surface area contributed by atoms with Crippen LogP contribution < -0.4 is 11.2 Å². The van der Waals surface area contributed by atoms with Crippen LogP contribution in [0.25, 0.3) is 0 Å². The largest absolute Gasteiger partial charge is 0.389 e. The molecule has 0 unspecified atom stereocenters. The summed E-state index contributed by atoms with van der Waals surface area (Å²) in [6, 6.07) is 16.0. The van der Waals surface area contributed by atoms with E-state index in [1.54, 1.807) is 41.0 Å². The average molecular weight is 590 g/mol. The van der Waals surface area contributed by atoms with Crippen LogP contribution in [0.5, 0.6) is 0 Å². The minimum Gasteiger partial charge on any atom is -0.389 e. The Morgan fingerprint density at radius 2 is 1.71 bits per heavy atom. The van der Waals surface area contributed by atoms with Crippen molar-refractivity contribution in [3.8, 4) is 0 Å². The van der Waals surface area contributed by atoms with Crippen molar-refractivity contribution in [2.24, 2.45) is 7.05 Å². The van der Waals surface area contributed by atoms with Crippen LogP contribution in [0.4, 0.5) is 4.39 Å². The SMILES string of the molecule is Cn1cc(Cc2cnc(=O)n(CC(=O)N3CCC(O)(Cc4ccccc4)CC3)c2)c(=O)nc1SCc1ccc(F)cc1. The summed E-state index contributed by atoms with van der Waals surface area (Å²) < 4.78 is 16.2. The number of nitrogens with zero attached hydrogens (tertiary/aromatic N) is 5. The topological polar surface area (TPSA) is 110 Å². The third-order valence-electron chi connectivity index (χ3n) is 7.44. The summed E-state index contributed by atoms with van der Waals surface area (Å²) in [7, 11) is 1.79. The van der Waals surface area contributed by atoms with Crippen LogP contribution in [0.15, 0.2) is 87.9 Å². The molecule has 4 aromatic rings. The molecule has 5 rings (SSSR count). The van der Waals surface area contributed by atoms with Gasteiger partial charge < -0.3 is 14.6 Å². The van der Waals surface area contributed by atoms with Gasteiger partial charge in [-0.25, -0.2) is 14.2 Å². The van der Waals surface area contributed by atoms with Gasteiger partial charge in [0, 0.05) is 62.9 Å². The lowest BCUT2D eigenvalue weighted by atomic mass is 9.85. The molecule has 0 saturated carbocycles. The Bertz CT molecular complexity index is 1670. The third-order valence-corrected chi connectivity index (χ3v) is 8.55. The highest BCUT2D eigenvalue weighted by Gasteiger charge is 2.34. The van der Waals surface area contributed by atoms with Crippen molar-refractivity contribution in [2.75, 3.05) is 13.1 Å². The van der Waals surface area contributed by atoms with Gasteiger partial charge in [-0.2, -0.15) is 4.98 Å². The molecule has 1 saturated heterocycles. The predicted molar refractivity (Wildman–Crippen MR) is 158 cm³/mol. The van der Waals surface area contributed by atoms with Crippen LogP contribution in [0, 0.1) is 5.82 Å². The van der Waals surface area contributed by atoms with Gasteiger partial charge >= 0.3 is 5.69 Å². The van der Waals surface area contributed by atoms with E-state index < -0.39 is 11.3 Å². The maximum Gasteiger partial charge on any atom is 0.347 e. The van der Waals surface area contributed by atoms with Crippen LogP contribution in [0.3, 0.4) is 0 Å². The number of amides is 1. The molecule has 42 heavy (non-hydrogen) atoms. The molecule has 1 amide bonds. The number of hydrogen-bond donors (Lipinski definition) is 1. The Labute approximate surface area is 246 Å². The van der Waals surface area contributed by atoms with Gasteiger partial charge in [-0.3, -0.25) is 14.2 Å². The molecular weight excluding hydrogens is 557 g/mol. The van der Waals surface area contributed by atoms with Crippen molar-refractivity contribution in [1.82, 2.24) is 24.0 Å². The number of aliphatic hydroxyl groups is 1. The van der Waals surface area contributed by atoms with E-state index in [4.69, 9.17) is 0 Å². The number of aryl methyl sites for hydroxylation is 1. The Morgan fingerprint density at radius 3 is 2.43 bits per heavy atom. The molecule has 0 radical (unpaired) electrons. The first-order chi connectivity index (χ1) is 20.2. The first-order valence-electron chi connectivity index (χ1n) is 13.7. The van der Waals surface area contributed by atoms with Crippen molar-refractivity contribution in [1.29, 1.82) is 0 Å². The minimum absolute atomic E-state index is 0.175. The van der Waals surface area contributed by atoms with Crippen LogP contribution in [-0.4, -0.2) is 53.7 Å². The Balaban J connectivity index is 1.20. The highest BCUT2D eigenvalue weighted by atomic mass is 32.2. The fourth-order valence-electron chi connectivity index (χ4n) is 5.06. The summed E-state index contributed by atoms with van der Waals surface area (Å²) in [6.07, 6.45) is 6.30. The van der Waals surface area contributed by atoms with E-state index in [0.29, 0.717) is 54.4 Å². The molecule has 1 aliphatic rings. The predicted octanol–water partition coefficient (Wildman–Crippen LogP) is 2.96. The highest BCUT2D eigenvalue weighted by Crippen LogP contribution is 2.26. The normalized spacial score (nSPS) is 14.6. The molecule has 0 bridgehead atoms. The second kappa shape index (κ2) is 12.8. The molecule has 9 nitrogen and oxygen atoms in total. The molecule has 0 atom stereocenters. The van der Waals surface area contributed by atoms with Crippen LogP contribution in [0.1, 0.15) is 35.1 Å². The smallest absolute Gasteiger partial charge is 0.347 e. The van der Waals surface area contributed by atoms with Gasteiger partial charge in [0.1, 0.15) is 12.4 Å². The van der Waals surface area contributed by atoms with Gasteiger partial charge in [-0.05, 0) is 41.7 Å². The van der Waals surface area contributed by atoms with E-state index in [0.717, 1.165) is 11.1 Å². The fourth-order valence-corrected chi connectivity index (χ4v) is 5.95. The second-order valence-corrected chi connectivity index (χ2v) is 11.6. The number of aromatic nitrogens is 4. The number of hydrogen-bond acceptors (Lipinski definition) is 7. The van der Waals surface area contributed by atoms with Crippen molar-refractivity contribution < 1.29 is 14.3 Å². The lowest BCUT2D eigenvalue weighted by Crippen LogP contribution is -2.49. The zero-order valence-corrected chi connectivity index (χ0v) is 24.1. The highest BCUT2D eigenvalue weighted by molar-refractivity contribution is 7.98. The second-order valence-electron chi connectivity index (χ2n) is 10.7. The van der Waals surface area contributed by atoms with Gasteiger partial charge in [0.15, 0.2) is 5.16 Å². The van der Waals surface area contributed by atoms with Crippen molar-refractivity contribution in [2.45, 2.75) is 48.7 Å². The maximum absolute atomic E-state index is 13.2. The maximum atomic E-state index is 13.2. The van der Waals surface area contributed by atoms with E-state index in [1.807, 2.05) is 30.3 Å². The molecule has 0 spiro atoms. The zero-order valence-electron chi connectivity index (χ0n) is 23.3. The molecule has 2 aromatic heterocycles. The fraction of sp³-hybridized carbons (Fsp3) is 0.323. The van der Waals surface area contributed by atoms with Gasteiger partial charge in [0.05, 0.1) is 5.60 Å². The molecule has 2 aromatic carbocycles. The number of halogens is 1. The first-order valence-corrected chi connectivity index (χ1v) is 14.7. The first kappa shape index (κ1) is 29.4. The van der Waals surface area contributed by atoms with E-state index in [9.17, 15) is 23.9 Å². The standard InChI is InChI=1S/C31H32FN5O4S/c1-35-19-25(28(39)34-30(35)42-21-23-7-9-26(32)10-8-23)15-24-17-33-29(40)37(18-24)20-27(38)36-13-11-31(41,12-14-36)16-22-5-3-2-4-6-22/h2-10,17-19,41H,11-16,20-21H2,1H3. The number of benzene rings is 2. The lowest BCUT2D eigenvalue weighted by Gasteiger charge is -2.38. The Hall–Kier alpha value is -4.09. The number of carbonyl (C=O) groups is 1. The van der Waals surface area contributed by atoms with E-state index in [-0.39, 0.29) is 30.2 Å². The third kappa shape index (κ3) is 7.40. The quantitative estimate of drug-likeness (QED) is 0.236. The summed E-state index contributed by atoms with van der Waals surface area (Å²) in [4.78, 5) is 48.1.